The fourth-order valence-corrected chi connectivity index (χ4v) is 4.62. The van der Waals surface area contributed by atoms with Crippen LogP contribution in [0.4, 0.5) is 17.6 Å². The zero-order valence-electron chi connectivity index (χ0n) is 24.3. The zero-order valence-corrected chi connectivity index (χ0v) is 24.3. The Kier molecular flexibility index (Phi) is 11.2. The molecule has 0 aliphatic carbocycles. The quantitative estimate of drug-likeness (QED) is 0.221. The van der Waals surface area contributed by atoms with Gasteiger partial charge in [-0.3, -0.25) is 24.0 Å². The first-order valence-corrected chi connectivity index (χ1v) is 13.6. The summed E-state index contributed by atoms with van der Waals surface area (Å²) in [7, 11) is 0. The van der Waals surface area contributed by atoms with Gasteiger partial charge in [-0.2, -0.15) is 8.78 Å². The van der Waals surface area contributed by atoms with Crippen molar-refractivity contribution in [2.75, 3.05) is 32.9 Å². The van der Waals surface area contributed by atoms with E-state index in [2.05, 4.69) is 10.1 Å². The molecule has 2 N–H and O–H groups in total. The largest absolute Gasteiger partial charge is 0.481 e. The Bertz CT molecular complexity index is 1420. The normalized spacial score (nSPS) is 16.1. The minimum absolute atomic E-state index is 0.00593. The highest BCUT2D eigenvalue weighted by molar-refractivity contribution is 6.36. The molecule has 1 heterocycles. The van der Waals surface area contributed by atoms with Crippen molar-refractivity contribution in [3.8, 4) is 5.75 Å². The molecular weight excluding hydrogens is 592 g/mol. The topological polar surface area (TPSA) is 139 Å². The van der Waals surface area contributed by atoms with Crippen LogP contribution < -0.4 is 10.1 Å². The minimum atomic E-state index is -1.91. The number of rotatable bonds is 11. The summed E-state index contributed by atoms with van der Waals surface area (Å²) < 4.78 is 64.7. The maximum Gasteiger partial charge on any atom is 0.305 e. The van der Waals surface area contributed by atoms with Gasteiger partial charge in [-0.25, -0.2) is 8.78 Å². The summed E-state index contributed by atoms with van der Waals surface area (Å²) in [6.45, 7) is 4.13. The van der Waals surface area contributed by atoms with Crippen LogP contribution >= 0.6 is 0 Å². The van der Waals surface area contributed by atoms with E-state index in [-0.39, 0.29) is 44.2 Å². The average Bonchev–Trinajstić information content (AvgIpc) is 3.21. The van der Waals surface area contributed by atoms with E-state index >= 15 is 0 Å². The number of nitrogens with one attached hydrogen (secondary N) is 1. The number of benzene rings is 2. The van der Waals surface area contributed by atoms with Gasteiger partial charge < -0.3 is 24.8 Å². The number of carboxylic acid groups (broad SMARTS) is 1. The number of hydrogen-bond donors (Lipinski definition) is 2. The Morgan fingerprint density at radius 2 is 1.70 bits per heavy atom. The lowest BCUT2D eigenvalue weighted by Crippen LogP contribution is -2.50. The van der Waals surface area contributed by atoms with Crippen LogP contribution in [0.5, 0.6) is 5.75 Å². The van der Waals surface area contributed by atoms with Crippen molar-refractivity contribution in [1.29, 1.82) is 0 Å². The van der Waals surface area contributed by atoms with E-state index < -0.39 is 83.4 Å². The molecule has 10 nitrogen and oxygen atoms in total. The summed E-state index contributed by atoms with van der Waals surface area (Å²) >= 11 is 0. The van der Waals surface area contributed by atoms with Crippen molar-refractivity contribution in [3.63, 3.8) is 0 Å². The Balaban J connectivity index is 1.69. The SMILES string of the molecule is CC(C)(C)c1ccccc1CC(=O)C(=O)N1CCOC[C@@H](C(=O)N[C@@H](CC(=O)O)C(=O)COc2c(F)c(F)cc(F)c2F)C1. The van der Waals surface area contributed by atoms with Crippen LogP contribution in [-0.4, -0.2) is 78.3 Å². The van der Waals surface area contributed by atoms with Gasteiger partial charge in [-0.05, 0) is 16.5 Å². The molecule has 1 fully saturated rings. The van der Waals surface area contributed by atoms with Gasteiger partial charge >= 0.3 is 5.97 Å². The molecule has 2 aromatic rings. The number of carbonyl (C=O) groups excluding carboxylic acids is 4. The number of amides is 2. The van der Waals surface area contributed by atoms with Crippen LogP contribution in [-0.2, 0) is 40.5 Å². The molecular formula is C30H32F4N2O8. The second-order valence-electron chi connectivity index (χ2n) is 11.2. The van der Waals surface area contributed by atoms with Gasteiger partial charge in [0.25, 0.3) is 5.91 Å². The summed E-state index contributed by atoms with van der Waals surface area (Å²) in [4.78, 5) is 64.4. The van der Waals surface area contributed by atoms with Crippen molar-refractivity contribution in [2.45, 2.75) is 45.1 Å². The highest BCUT2D eigenvalue weighted by atomic mass is 19.2. The van der Waals surface area contributed by atoms with Crippen LogP contribution in [0.25, 0.3) is 0 Å². The maximum absolute atomic E-state index is 13.9. The van der Waals surface area contributed by atoms with E-state index in [1.165, 1.54) is 0 Å². The van der Waals surface area contributed by atoms with E-state index in [9.17, 15) is 46.6 Å². The molecule has 0 unspecified atom stereocenters. The first-order valence-electron chi connectivity index (χ1n) is 13.6. The van der Waals surface area contributed by atoms with Gasteiger partial charge in [0, 0.05) is 25.6 Å². The van der Waals surface area contributed by atoms with Crippen LogP contribution in [0, 0.1) is 29.2 Å². The van der Waals surface area contributed by atoms with Crippen molar-refractivity contribution in [1.82, 2.24) is 10.2 Å². The monoisotopic (exact) mass is 624 g/mol. The third kappa shape index (κ3) is 8.62. The third-order valence-corrected chi connectivity index (χ3v) is 6.85. The molecule has 1 saturated heterocycles. The second-order valence-corrected chi connectivity index (χ2v) is 11.2. The zero-order chi connectivity index (χ0) is 32.8. The van der Waals surface area contributed by atoms with Crippen molar-refractivity contribution >= 4 is 29.4 Å². The predicted octanol–water partition coefficient (Wildman–Crippen LogP) is 2.73. The van der Waals surface area contributed by atoms with Crippen LogP contribution in [0.2, 0.25) is 0 Å². The molecule has 238 valence electrons. The molecule has 2 aromatic carbocycles. The molecule has 2 atom stereocenters. The maximum atomic E-state index is 13.9. The first kappa shape index (κ1) is 34.2. The molecule has 3 rings (SSSR count). The summed E-state index contributed by atoms with van der Waals surface area (Å²) in [6, 6.07) is 5.37. The third-order valence-electron chi connectivity index (χ3n) is 6.85. The van der Waals surface area contributed by atoms with Crippen molar-refractivity contribution in [3.05, 3.63) is 64.7 Å². The van der Waals surface area contributed by atoms with Gasteiger partial charge in [0.15, 0.2) is 23.2 Å². The van der Waals surface area contributed by atoms with E-state index in [0.29, 0.717) is 5.56 Å². The average molecular weight is 625 g/mol. The highest BCUT2D eigenvalue weighted by Gasteiger charge is 2.34. The summed E-state index contributed by atoms with van der Waals surface area (Å²) in [5, 5.41) is 11.4. The lowest BCUT2D eigenvalue weighted by molar-refractivity contribution is -0.145. The Hall–Kier alpha value is -4.33. The molecule has 2 amide bonds. The van der Waals surface area contributed by atoms with Gasteiger partial charge in [0.05, 0.1) is 25.6 Å². The molecule has 1 aliphatic rings. The smallest absolute Gasteiger partial charge is 0.305 e. The van der Waals surface area contributed by atoms with Gasteiger partial charge in [-0.15, -0.1) is 0 Å². The molecule has 0 radical (unpaired) electrons. The lowest BCUT2D eigenvalue weighted by atomic mass is 9.82. The van der Waals surface area contributed by atoms with E-state index in [4.69, 9.17) is 4.74 Å². The Labute approximate surface area is 250 Å². The number of hydrogen-bond acceptors (Lipinski definition) is 7. The van der Waals surface area contributed by atoms with Crippen LogP contribution in [0.1, 0.15) is 38.3 Å². The standard InChI is InChI=1S/C30H32F4N2O8/c1-30(2,3)18-7-5-4-6-16(18)10-22(37)29(42)36-8-9-43-14-17(13-36)28(41)35-21(12-24(39)40)23(38)15-44-27-25(33)19(31)11-20(32)26(27)34/h4-7,11,17,21H,8-10,12-15H2,1-3H3,(H,35,41)(H,39,40)/t17-,21-/m0/s1. The Morgan fingerprint density at radius 1 is 1.07 bits per heavy atom. The van der Waals surface area contributed by atoms with Crippen molar-refractivity contribution < 1.29 is 56.1 Å². The lowest BCUT2D eigenvalue weighted by Gasteiger charge is -2.25. The Morgan fingerprint density at radius 3 is 2.32 bits per heavy atom. The number of ketones is 2. The van der Waals surface area contributed by atoms with E-state index in [1.807, 2.05) is 32.9 Å². The molecule has 0 spiro atoms. The van der Waals surface area contributed by atoms with Crippen LogP contribution in [0.15, 0.2) is 30.3 Å². The molecule has 1 aliphatic heterocycles. The number of ether oxygens (including phenoxy) is 2. The summed E-state index contributed by atoms with van der Waals surface area (Å²) in [5.41, 5.74) is 1.28. The molecule has 44 heavy (non-hydrogen) atoms. The summed E-state index contributed by atoms with van der Waals surface area (Å²) in [6.07, 6.45) is -1.15. The van der Waals surface area contributed by atoms with Gasteiger partial charge in [-0.1, -0.05) is 45.0 Å². The molecule has 0 bridgehead atoms. The molecule has 0 aromatic heterocycles. The predicted molar refractivity (Wildman–Crippen MR) is 146 cm³/mol. The van der Waals surface area contributed by atoms with E-state index in [1.54, 1.807) is 12.1 Å². The number of carboxylic acids is 1. The number of aliphatic carboxylic acids is 1. The number of Topliss-reactive ketones (excluding diaryl/α,β-unsaturated/α-hetero) is 2. The summed E-state index contributed by atoms with van der Waals surface area (Å²) in [5.74, 6) is -15.2. The fourth-order valence-electron chi connectivity index (χ4n) is 4.62. The minimum Gasteiger partial charge on any atom is -0.481 e. The number of nitrogens with zero attached hydrogens (tertiary/aromatic N) is 1. The molecule has 14 heteroatoms. The van der Waals surface area contributed by atoms with Crippen molar-refractivity contribution in [2.24, 2.45) is 5.92 Å². The van der Waals surface area contributed by atoms with E-state index in [0.717, 1.165) is 10.5 Å². The molecule has 0 saturated carbocycles. The van der Waals surface area contributed by atoms with Crippen LogP contribution in [0.3, 0.4) is 0 Å². The van der Waals surface area contributed by atoms with Gasteiger partial charge in [0.2, 0.25) is 23.3 Å². The highest BCUT2D eigenvalue weighted by Crippen LogP contribution is 2.27. The first-order chi connectivity index (χ1) is 20.6. The second kappa shape index (κ2) is 14.4. The fraction of sp³-hybridized carbons (Fsp3) is 0.433. The van der Waals surface area contributed by atoms with Gasteiger partial charge in [0.1, 0.15) is 12.6 Å². The number of carbonyl (C=O) groups is 5. The number of halogens is 4.